The third-order valence-corrected chi connectivity index (χ3v) is 3.47. The van der Waals surface area contributed by atoms with Gasteiger partial charge in [-0.1, -0.05) is 11.6 Å². The number of rotatable bonds is 3. The molecular formula is C13H14ClN7O. The number of carbonyl (C=O) groups excluding carboxylic acids is 1. The van der Waals surface area contributed by atoms with Gasteiger partial charge in [0.25, 0.3) is 5.91 Å². The monoisotopic (exact) mass is 319 g/mol. The number of imidazole rings is 1. The summed E-state index contributed by atoms with van der Waals surface area (Å²) < 4.78 is 1.66. The van der Waals surface area contributed by atoms with E-state index in [2.05, 4.69) is 25.5 Å². The molecule has 3 aromatic rings. The molecule has 0 radical (unpaired) electrons. The molecular weight excluding hydrogens is 306 g/mol. The van der Waals surface area contributed by atoms with Gasteiger partial charge in [-0.05, 0) is 26.0 Å². The molecule has 3 heterocycles. The Morgan fingerprint density at radius 1 is 1.45 bits per heavy atom. The molecule has 0 fully saturated rings. The molecule has 114 valence electrons. The molecule has 0 aromatic carbocycles. The number of hydrogen-bond acceptors (Lipinski definition) is 5. The number of aromatic nitrogens is 5. The van der Waals surface area contributed by atoms with Crippen molar-refractivity contribution in [1.29, 1.82) is 0 Å². The first-order valence-corrected chi connectivity index (χ1v) is 6.96. The van der Waals surface area contributed by atoms with Gasteiger partial charge in [-0.3, -0.25) is 14.3 Å². The Labute approximate surface area is 130 Å². The summed E-state index contributed by atoms with van der Waals surface area (Å²) >= 11 is 5.99. The minimum absolute atomic E-state index is 0.133. The average Bonchev–Trinajstić information content (AvgIpc) is 3.01. The van der Waals surface area contributed by atoms with Gasteiger partial charge in [-0.25, -0.2) is 4.98 Å². The standard InChI is InChI=1S/C13H14ClN7O/c1-6-10(21-5-8(14)3-4-9(21)16-6)12(22)17-7(2)11-18-13(15)20-19-11/h3-5,7H,1-2H3,(H,17,22)(H3,15,18,19,20)/t7-/m0/s1. The van der Waals surface area contributed by atoms with Gasteiger partial charge in [0, 0.05) is 6.20 Å². The van der Waals surface area contributed by atoms with Crippen molar-refractivity contribution >= 4 is 29.1 Å². The first-order valence-electron chi connectivity index (χ1n) is 6.58. The van der Waals surface area contributed by atoms with Gasteiger partial charge in [-0.15, -0.1) is 5.10 Å². The molecule has 0 saturated heterocycles. The maximum Gasteiger partial charge on any atom is 0.270 e. The fraction of sp³-hybridized carbons (Fsp3) is 0.231. The van der Waals surface area contributed by atoms with Crippen LogP contribution in [0, 0.1) is 6.92 Å². The molecule has 0 aliphatic heterocycles. The van der Waals surface area contributed by atoms with Crippen LogP contribution in [0.25, 0.3) is 5.65 Å². The predicted molar refractivity (Wildman–Crippen MR) is 81.6 cm³/mol. The van der Waals surface area contributed by atoms with Gasteiger partial charge in [0.2, 0.25) is 5.95 Å². The van der Waals surface area contributed by atoms with E-state index < -0.39 is 0 Å². The summed E-state index contributed by atoms with van der Waals surface area (Å²) in [6.07, 6.45) is 1.66. The number of nitrogens with zero attached hydrogens (tertiary/aromatic N) is 4. The molecule has 9 heteroatoms. The van der Waals surface area contributed by atoms with Crippen LogP contribution in [0.4, 0.5) is 5.95 Å². The van der Waals surface area contributed by atoms with Crippen LogP contribution in [0.3, 0.4) is 0 Å². The van der Waals surface area contributed by atoms with Crippen molar-refractivity contribution in [3.8, 4) is 0 Å². The van der Waals surface area contributed by atoms with Crippen LogP contribution >= 0.6 is 11.6 Å². The van der Waals surface area contributed by atoms with E-state index >= 15 is 0 Å². The average molecular weight is 320 g/mol. The second kappa shape index (κ2) is 5.30. The van der Waals surface area contributed by atoms with Gasteiger partial charge >= 0.3 is 0 Å². The molecule has 22 heavy (non-hydrogen) atoms. The largest absolute Gasteiger partial charge is 0.367 e. The lowest BCUT2D eigenvalue weighted by atomic mass is 10.2. The Bertz CT molecular complexity index is 853. The van der Waals surface area contributed by atoms with Crippen LogP contribution < -0.4 is 11.1 Å². The zero-order valence-corrected chi connectivity index (χ0v) is 12.7. The zero-order valence-electron chi connectivity index (χ0n) is 12.0. The van der Waals surface area contributed by atoms with Crippen molar-refractivity contribution in [2.75, 3.05) is 5.73 Å². The highest BCUT2D eigenvalue weighted by molar-refractivity contribution is 6.30. The van der Waals surface area contributed by atoms with E-state index in [1.54, 1.807) is 36.6 Å². The highest BCUT2D eigenvalue weighted by atomic mass is 35.5. The SMILES string of the molecule is Cc1nc2ccc(Cl)cn2c1C(=O)N[C@@H](C)c1nc(N)n[nH]1. The fourth-order valence-electron chi connectivity index (χ4n) is 2.22. The lowest BCUT2D eigenvalue weighted by Crippen LogP contribution is -2.29. The molecule has 0 spiro atoms. The zero-order chi connectivity index (χ0) is 15.9. The van der Waals surface area contributed by atoms with Crippen molar-refractivity contribution in [1.82, 2.24) is 29.9 Å². The summed E-state index contributed by atoms with van der Waals surface area (Å²) in [6.45, 7) is 3.55. The van der Waals surface area contributed by atoms with Crippen molar-refractivity contribution in [2.45, 2.75) is 19.9 Å². The molecule has 8 nitrogen and oxygen atoms in total. The second-order valence-corrected chi connectivity index (χ2v) is 5.33. The van der Waals surface area contributed by atoms with Crippen molar-refractivity contribution < 1.29 is 4.79 Å². The number of H-pyrrole nitrogens is 1. The van der Waals surface area contributed by atoms with Gasteiger partial charge in [0.15, 0.2) is 0 Å². The van der Waals surface area contributed by atoms with Crippen LogP contribution in [0.5, 0.6) is 0 Å². The molecule has 1 atom stereocenters. The Morgan fingerprint density at radius 2 is 2.23 bits per heavy atom. The van der Waals surface area contributed by atoms with Gasteiger partial charge < -0.3 is 11.1 Å². The molecule has 4 N–H and O–H groups in total. The van der Waals surface area contributed by atoms with Crippen LogP contribution in [-0.4, -0.2) is 30.5 Å². The number of anilines is 1. The molecule has 3 aromatic heterocycles. The van der Waals surface area contributed by atoms with E-state index in [0.29, 0.717) is 27.9 Å². The fourth-order valence-corrected chi connectivity index (χ4v) is 2.39. The van der Waals surface area contributed by atoms with Crippen LogP contribution in [-0.2, 0) is 0 Å². The molecule has 0 aliphatic rings. The summed E-state index contributed by atoms with van der Waals surface area (Å²) in [5.41, 5.74) is 7.16. The number of halogens is 1. The molecule has 0 saturated carbocycles. The molecule has 0 aliphatic carbocycles. The summed E-state index contributed by atoms with van der Waals surface area (Å²) in [5.74, 6) is 0.332. The highest BCUT2D eigenvalue weighted by Gasteiger charge is 2.20. The van der Waals surface area contributed by atoms with E-state index in [-0.39, 0.29) is 17.9 Å². The number of aromatic amines is 1. The molecule has 1 amide bonds. The molecule has 0 unspecified atom stereocenters. The number of nitrogens with two attached hydrogens (primary N) is 1. The predicted octanol–water partition coefficient (Wildman–Crippen LogP) is 1.49. The molecule has 3 rings (SSSR count). The lowest BCUT2D eigenvalue weighted by Gasteiger charge is -2.11. The number of nitrogen functional groups attached to an aromatic ring is 1. The number of fused-ring (bicyclic) bond motifs is 1. The topological polar surface area (TPSA) is 114 Å². The van der Waals surface area contributed by atoms with Crippen molar-refractivity contribution in [3.05, 3.63) is 40.6 Å². The number of hydrogen-bond donors (Lipinski definition) is 3. The van der Waals surface area contributed by atoms with Gasteiger partial charge in [0.1, 0.15) is 17.2 Å². The van der Waals surface area contributed by atoms with Crippen molar-refractivity contribution in [3.63, 3.8) is 0 Å². The number of amides is 1. The Morgan fingerprint density at radius 3 is 2.91 bits per heavy atom. The van der Waals surface area contributed by atoms with Crippen LogP contribution in [0.15, 0.2) is 18.3 Å². The maximum absolute atomic E-state index is 12.5. The minimum Gasteiger partial charge on any atom is -0.367 e. The van der Waals surface area contributed by atoms with E-state index in [4.69, 9.17) is 17.3 Å². The number of carbonyl (C=O) groups is 1. The maximum atomic E-state index is 12.5. The quantitative estimate of drug-likeness (QED) is 0.676. The van der Waals surface area contributed by atoms with E-state index in [1.807, 2.05) is 0 Å². The van der Waals surface area contributed by atoms with Crippen LogP contribution in [0.1, 0.15) is 35.0 Å². The summed E-state index contributed by atoms with van der Waals surface area (Å²) in [7, 11) is 0. The lowest BCUT2D eigenvalue weighted by molar-refractivity contribution is 0.0931. The number of pyridine rings is 1. The first-order chi connectivity index (χ1) is 10.5. The minimum atomic E-state index is -0.374. The summed E-state index contributed by atoms with van der Waals surface area (Å²) in [5, 5.41) is 9.77. The van der Waals surface area contributed by atoms with E-state index in [0.717, 1.165) is 0 Å². The smallest absolute Gasteiger partial charge is 0.270 e. The van der Waals surface area contributed by atoms with Crippen LogP contribution in [0.2, 0.25) is 5.02 Å². The summed E-state index contributed by atoms with van der Waals surface area (Å²) in [6, 6.07) is 3.11. The highest BCUT2D eigenvalue weighted by Crippen LogP contribution is 2.17. The van der Waals surface area contributed by atoms with E-state index in [9.17, 15) is 4.79 Å². The third kappa shape index (κ3) is 2.48. The second-order valence-electron chi connectivity index (χ2n) is 4.90. The van der Waals surface area contributed by atoms with Crippen molar-refractivity contribution in [2.24, 2.45) is 0 Å². The third-order valence-electron chi connectivity index (χ3n) is 3.25. The Hall–Kier alpha value is -2.61. The van der Waals surface area contributed by atoms with Gasteiger partial charge in [0.05, 0.1) is 16.8 Å². The van der Waals surface area contributed by atoms with E-state index in [1.165, 1.54) is 0 Å². The number of nitrogens with one attached hydrogen (secondary N) is 2. The first kappa shape index (κ1) is 14.3. The normalized spacial score (nSPS) is 12.5. The Kier molecular flexibility index (Phi) is 3.45. The summed E-state index contributed by atoms with van der Waals surface area (Å²) in [4.78, 5) is 20.9. The molecule has 0 bridgehead atoms. The number of aryl methyl sites for hydroxylation is 1. The Balaban J connectivity index is 1.92. The van der Waals surface area contributed by atoms with Gasteiger partial charge in [-0.2, -0.15) is 4.98 Å².